The fraction of sp³-hybridized carbons (Fsp3) is 0.936. The molecule has 0 aliphatic carbocycles. The van der Waals surface area contributed by atoms with Crippen LogP contribution < -0.4 is 4.57 Å². The Morgan fingerprint density at radius 1 is 0.388 bits per heavy atom. The largest absolute Gasteiger partial charge is 0.257 e. The van der Waals surface area contributed by atoms with E-state index >= 15 is 0 Å². The molecule has 2 atom stereocenters. The summed E-state index contributed by atoms with van der Waals surface area (Å²) in [5.41, 5.74) is 0. The molecule has 0 aliphatic rings. The molecule has 2 heteroatoms. The fourth-order valence-corrected chi connectivity index (χ4v) is 8.20. The van der Waals surface area contributed by atoms with Gasteiger partial charge in [0.1, 0.15) is 12.4 Å². The van der Waals surface area contributed by atoms with E-state index in [2.05, 4.69) is 49.6 Å². The number of nitrogens with one attached hydrogen (secondary N) is 1. The molecule has 1 aromatic heterocycles. The van der Waals surface area contributed by atoms with Crippen molar-refractivity contribution in [1.82, 2.24) is 4.98 Å². The number of imidazole rings is 1. The lowest BCUT2D eigenvalue weighted by Crippen LogP contribution is -2.41. The van der Waals surface area contributed by atoms with Crippen LogP contribution in [0.4, 0.5) is 0 Å². The summed E-state index contributed by atoms with van der Waals surface area (Å²) in [6.07, 6.45) is 59.1. The Bertz CT molecular complexity index is 753. The van der Waals surface area contributed by atoms with Gasteiger partial charge in [-0.25, -0.2) is 9.55 Å². The molecule has 0 spiro atoms. The molecule has 1 heterocycles. The standard InChI is InChI=1S/C47H92N2/c1-5-8-11-14-17-19-21-23-24-26-27-29-32-34-37-40-45(4)49-44-43-48-47(49)46(41-38-35-31-16-13-10-7-3)42-39-36-33-30-28-25-22-20-18-15-12-9-6-2/h43-46H,5-42H2,1-4H3/p+1. The summed E-state index contributed by atoms with van der Waals surface area (Å²) >= 11 is 0. The summed E-state index contributed by atoms with van der Waals surface area (Å²) in [5.74, 6) is 2.25. The average molecular weight is 686 g/mol. The first kappa shape index (κ1) is 46.2. The number of rotatable bonds is 40. The Balaban J connectivity index is 2.30. The van der Waals surface area contributed by atoms with E-state index in [4.69, 9.17) is 0 Å². The molecule has 1 N–H and O–H groups in total. The highest BCUT2D eigenvalue weighted by molar-refractivity contribution is 4.90. The molecule has 0 amide bonds. The topological polar surface area (TPSA) is 19.7 Å². The van der Waals surface area contributed by atoms with Gasteiger partial charge in [-0.2, -0.15) is 0 Å². The molecular weight excluding hydrogens is 593 g/mol. The number of aromatic nitrogens is 2. The molecule has 0 saturated carbocycles. The van der Waals surface area contributed by atoms with Gasteiger partial charge in [-0.3, -0.25) is 0 Å². The Morgan fingerprint density at radius 2 is 0.653 bits per heavy atom. The van der Waals surface area contributed by atoms with Crippen LogP contribution in [0.1, 0.15) is 289 Å². The highest BCUT2D eigenvalue weighted by Crippen LogP contribution is 2.27. The molecule has 0 aliphatic heterocycles. The summed E-state index contributed by atoms with van der Waals surface area (Å²) in [7, 11) is 0. The number of hydrogen-bond acceptors (Lipinski definition) is 0. The number of hydrogen-bond donors (Lipinski definition) is 1. The molecule has 2 nitrogen and oxygen atoms in total. The molecule has 49 heavy (non-hydrogen) atoms. The van der Waals surface area contributed by atoms with Crippen LogP contribution in [0.3, 0.4) is 0 Å². The fourth-order valence-electron chi connectivity index (χ4n) is 8.20. The average Bonchev–Trinajstić information content (AvgIpc) is 3.60. The van der Waals surface area contributed by atoms with Crippen molar-refractivity contribution in [2.45, 2.75) is 284 Å². The van der Waals surface area contributed by atoms with Crippen molar-refractivity contribution in [3.63, 3.8) is 0 Å². The smallest absolute Gasteiger partial charge is 0.247 e. The quantitative estimate of drug-likeness (QED) is 0.0524. The zero-order valence-electron chi connectivity index (χ0n) is 34.6. The monoisotopic (exact) mass is 686 g/mol. The molecular formula is C47H93N2+. The Morgan fingerprint density at radius 3 is 0.959 bits per heavy atom. The van der Waals surface area contributed by atoms with E-state index in [9.17, 15) is 0 Å². The maximum atomic E-state index is 3.77. The van der Waals surface area contributed by atoms with E-state index in [-0.39, 0.29) is 0 Å². The van der Waals surface area contributed by atoms with Crippen molar-refractivity contribution in [2.24, 2.45) is 0 Å². The van der Waals surface area contributed by atoms with Crippen molar-refractivity contribution in [3.05, 3.63) is 18.2 Å². The van der Waals surface area contributed by atoms with Crippen molar-refractivity contribution in [2.75, 3.05) is 0 Å². The summed E-state index contributed by atoms with van der Waals surface area (Å²) in [6.45, 7) is 9.44. The first-order valence-electron chi connectivity index (χ1n) is 23.3. The van der Waals surface area contributed by atoms with E-state index in [1.54, 1.807) is 5.82 Å². The summed E-state index contributed by atoms with van der Waals surface area (Å²) < 4.78 is 2.65. The van der Waals surface area contributed by atoms with Gasteiger partial charge in [0.15, 0.2) is 0 Å². The van der Waals surface area contributed by atoms with Crippen LogP contribution >= 0.6 is 0 Å². The lowest BCUT2D eigenvalue weighted by Gasteiger charge is -2.17. The predicted octanol–water partition coefficient (Wildman–Crippen LogP) is 16.8. The zero-order valence-corrected chi connectivity index (χ0v) is 34.6. The molecule has 1 aromatic rings. The lowest BCUT2D eigenvalue weighted by molar-refractivity contribution is -0.727. The van der Waals surface area contributed by atoms with Crippen LogP contribution in [0.5, 0.6) is 0 Å². The Kier molecular flexibility index (Phi) is 34.9. The molecule has 0 saturated heterocycles. The summed E-state index contributed by atoms with van der Waals surface area (Å²) in [6, 6.07) is 0.617. The third-order valence-corrected chi connectivity index (χ3v) is 11.6. The molecule has 2 unspecified atom stereocenters. The van der Waals surface area contributed by atoms with Crippen LogP contribution in [-0.2, 0) is 0 Å². The van der Waals surface area contributed by atoms with Crippen LogP contribution in [0.25, 0.3) is 0 Å². The second kappa shape index (κ2) is 37.0. The first-order chi connectivity index (χ1) is 24.2. The van der Waals surface area contributed by atoms with Crippen molar-refractivity contribution < 1.29 is 4.57 Å². The zero-order chi connectivity index (χ0) is 35.3. The maximum absolute atomic E-state index is 3.77. The molecule has 1 rings (SSSR count). The molecule has 0 aromatic carbocycles. The second-order valence-corrected chi connectivity index (χ2v) is 16.5. The van der Waals surface area contributed by atoms with E-state index in [0.717, 1.165) is 0 Å². The van der Waals surface area contributed by atoms with E-state index in [1.807, 2.05) is 0 Å². The second-order valence-electron chi connectivity index (χ2n) is 16.5. The van der Waals surface area contributed by atoms with Crippen molar-refractivity contribution >= 4 is 0 Å². The van der Waals surface area contributed by atoms with Gasteiger partial charge in [-0.05, 0) is 32.6 Å². The third kappa shape index (κ3) is 28.5. The highest BCUT2D eigenvalue weighted by atomic mass is 15.1. The van der Waals surface area contributed by atoms with Gasteiger partial charge in [-0.15, -0.1) is 0 Å². The maximum Gasteiger partial charge on any atom is 0.257 e. The van der Waals surface area contributed by atoms with Gasteiger partial charge >= 0.3 is 0 Å². The van der Waals surface area contributed by atoms with Crippen LogP contribution in [-0.4, -0.2) is 4.98 Å². The van der Waals surface area contributed by atoms with Gasteiger partial charge in [0.25, 0.3) is 5.82 Å². The van der Waals surface area contributed by atoms with Crippen LogP contribution in [0.15, 0.2) is 12.4 Å². The Labute approximate surface area is 310 Å². The highest BCUT2D eigenvalue weighted by Gasteiger charge is 2.25. The van der Waals surface area contributed by atoms with E-state index < -0.39 is 0 Å². The Hall–Kier alpha value is -0.790. The number of unbranched alkanes of at least 4 members (excludes halogenated alkanes) is 32. The van der Waals surface area contributed by atoms with E-state index in [1.165, 1.54) is 244 Å². The third-order valence-electron chi connectivity index (χ3n) is 11.6. The SMILES string of the molecule is CCCCCCCCCCCCCCCCCC(C)[n+]1cc[nH]c1C(CCCCCCCCC)CCCCCCCCCCCCCCC. The van der Waals surface area contributed by atoms with Gasteiger partial charge in [-0.1, -0.05) is 239 Å². The van der Waals surface area contributed by atoms with Crippen molar-refractivity contribution in [3.8, 4) is 0 Å². The minimum Gasteiger partial charge on any atom is -0.247 e. The normalized spacial score (nSPS) is 13.0. The summed E-state index contributed by atoms with van der Waals surface area (Å²) in [5, 5.41) is 0. The number of nitrogens with zero attached hydrogens (tertiary/aromatic N) is 1. The van der Waals surface area contributed by atoms with Crippen LogP contribution in [0.2, 0.25) is 0 Å². The first-order valence-corrected chi connectivity index (χ1v) is 23.3. The van der Waals surface area contributed by atoms with Gasteiger partial charge in [0.05, 0.1) is 12.0 Å². The summed E-state index contributed by atoms with van der Waals surface area (Å²) in [4.78, 5) is 3.77. The van der Waals surface area contributed by atoms with Crippen molar-refractivity contribution in [1.29, 1.82) is 0 Å². The molecule has 0 fully saturated rings. The predicted molar refractivity (Wildman–Crippen MR) is 221 cm³/mol. The molecule has 0 radical (unpaired) electrons. The van der Waals surface area contributed by atoms with Gasteiger partial charge < -0.3 is 0 Å². The minimum absolute atomic E-state index is 0.617. The van der Waals surface area contributed by atoms with Crippen LogP contribution in [0, 0.1) is 0 Å². The lowest BCUT2D eigenvalue weighted by atomic mass is 9.92. The number of aromatic amines is 1. The molecule has 290 valence electrons. The van der Waals surface area contributed by atoms with Gasteiger partial charge in [0.2, 0.25) is 0 Å². The minimum atomic E-state index is 0.617. The van der Waals surface area contributed by atoms with Gasteiger partial charge in [0, 0.05) is 0 Å². The number of H-pyrrole nitrogens is 1. The van der Waals surface area contributed by atoms with E-state index in [0.29, 0.717) is 12.0 Å². The molecule has 0 bridgehead atoms.